The number of hydrogen-bond donors (Lipinski definition) is 2. The quantitative estimate of drug-likeness (QED) is 0.899. The minimum atomic E-state index is 0.208. The number of aromatic nitrogens is 2. The number of rotatable bonds is 3. The Balaban J connectivity index is 1.70. The summed E-state index contributed by atoms with van der Waals surface area (Å²) in [4.78, 5) is 0. The second-order valence-electron chi connectivity index (χ2n) is 5.08. The molecule has 0 amide bonds. The van der Waals surface area contributed by atoms with E-state index in [9.17, 15) is 5.11 Å². The van der Waals surface area contributed by atoms with Crippen LogP contribution in [-0.2, 0) is 0 Å². The summed E-state index contributed by atoms with van der Waals surface area (Å²) in [5.41, 5.74) is 0.818. The van der Waals surface area contributed by atoms with Gasteiger partial charge in [-0.15, -0.1) is 0 Å². The molecule has 1 fully saturated rings. The smallest absolute Gasteiger partial charge is 0.158 e. The van der Waals surface area contributed by atoms with E-state index >= 15 is 0 Å². The maximum atomic E-state index is 9.49. The largest absolute Gasteiger partial charge is 0.508 e. The highest BCUT2D eigenvalue weighted by Crippen LogP contribution is 2.19. The van der Waals surface area contributed by atoms with Gasteiger partial charge >= 0.3 is 0 Å². The first-order valence-electron chi connectivity index (χ1n) is 7.03. The number of benzene rings is 1. The van der Waals surface area contributed by atoms with Crippen LogP contribution in [0.2, 0.25) is 0 Å². The van der Waals surface area contributed by atoms with Crippen molar-refractivity contribution in [3.8, 4) is 17.2 Å². The Kier molecular flexibility index (Phi) is 3.87. The second kappa shape index (κ2) is 5.96. The summed E-state index contributed by atoms with van der Waals surface area (Å²) in [6, 6.07) is 7.00. The van der Waals surface area contributed by atoms with Crippen LogP contribution in [0.15, 0.2) is 36.7 Å². The maximum Gasteiger partial charge on any atom is 0.158 e. The van der Waals surface area contributed by atoms with Crippen molar-refractivity contribution >= 4 is 0 Å². The molecule has 1 aliphatic heterocycles. The standard InChI is InChI=1S/C15H19N3O2/c19-13-5-3-4-12(8-13)18-11-15(10-17-18)20-14-6-1-2-7-16-9-14/h3-5,8,10-11,14,16,19H,1-2,6-7,9H2. The van der Waals surface area contributed by atoms with Gasteiger partial charge in [0, 0.05) is 12.6 Å². The molecule has 5 heteroatoms. The Labute approximate surface area is 118 Å². The lowest BCUT2D eigenvalue weighted by molar-refractivity contribution is 0.194. The molecule has 1 atom stereocenters. The van der Waals surface area contributed by atoms with Gasteiger partial charge < -0.3 is 15.2 Å². The number of phenols is 1. The molecule has 2 N–H and O–H groups in total. The monoisotopic (exact) mass is 273 g/mol. The van der Waals surface area contributed by atoms with E-state index in [2.05, 4.69) is 10.4 Å². The fourth-order valence-corrected chi connectivity index (χ4v) is 2.42. The summed E-state index contributed by atoms with van der Waals surface area (Å²) < 4.78 is 7.67. The second-order valence-corrected chi connectivity index (χ2v) is 5.08. The predicted molar refractivity (Wildman–Crippen MR) is 76.4 cm³/mol. The van der Waals surface area contributed by atoms with E-state index in [1.165, 1.54) is 12.8 Å². The van der Waals surface area contributed by atoms with Gasteiger partial charge in [-0.05, 0) is 37.9 Å². The summed E-state index contributed by atoms with van der Waals surface area (Å²) >= 11 is 0. The number of nitrogens with zero attached hydrogens (tertiary/aromatic N) is 2. The third-order valence-corrected chi connectivity index (χ3v) is 3.46. The van der Waals surface area contributed by atoms with Crippen LogP contribution in [-0.4, -0.2) is 34.1 Å². The van der Waals surface area contributed by atoms with Crippen LogP contribution < -0.4 is 10.1 Å². The van der Waals surface area contributed by atoms with Gasteiger partial charge in [-0.2, -0.15) is 5.10 Å². The van der Waals surface area contributed by atoms with Crippen molar-refractivity contribution in [3.63, 3.8) is 0 Å². The minimum absolute atomic E-state index is 0.208. The number of hydrogen-bond acceptors (Lipinski definition) is 4. The van der Waals surface area contributed by atoms with Crippen molar-refractivity contribution < 1.29 is 9.84 Å². The van der Waals surface area contributed by atoms with Gasteiger partial charge in [0.1, 0.15) is 11.9 Å². The molecule has 0 aliphatic carbocycles. The first-order valence-corrected chi connectivity index (χ1v) is 7.03. The van der Waals surface area contributed by atoms with Crippen LogP contribution in [0.3, 0.4) is 0 Å². The molecule has 0 saturated carbocycles. The molecular weight excluding hydrogens is 254 g/mol. The summed E-state index contributed by atoms with van der Waals surface area (Å²) in [5.74, 6) is 0.996. The molecule has 1 unspecified atom stereocenters. The van der Waals surface area contributed by atoms with Gasteiger partial charge in [0.2, 0.25) is 0 Å². The number of phenolic OH excluding ortho intramolecular Hbond substituents is 1. The van der Waals surface area contributed by atoms with E-state index < -0.39 is 0 Å². The van der Waals surface area contributed by atoms with E-state index in [0.717, 1.165) is 30.9 Å². The summed E-state index contributed by atoms with van der Waals surface area (Å²) in [5, 5.41) is 17.1. The molecule has 1 aromatic carbocycles. The SMILES string of the molecule is Oc1cccc(-n2cc(OC3CCCCNC3)cn2)c1. The predicted octanol–water partition coefficient (Wildman–Crippen LogP) is 2.10. The van der Waals surface area contributed by atoms with Gasteiger partial charge in [0.25, 0.3) is 0 Å². The van der Waals surface area contributed by atoms with Crippen molar-refractivity contribution in [3.05, 3.63) is 36.7 Å². The number of nitrogens with one attached hydrogen (secondary N) is 1. The van der Waals surface area contributed by atoms with Gasteiger partial charge in [-0.1, -0.05) is 6.07 Å². The lowest BCUT2D eigenvalue weighted by atomic mass is 10.2. The Morgan fingerprint density at radius 2 is 2.30 bits per heavy atom. The molecule has 20 heavy (non-hydrogen) atoms. The lowest BCUT2D eigenvalue weighted by Gasteiger charge is -2.15. The Morgan fingerprint density at radius 1 is 1.35 bits per heavy atom. The average molecular weight is 273 g/mol. The molecule has 3 rings (SSSR count). The van der Waals surface area contributed by atoms with Gasteiger partial charge in [-0.3, -0.25) is 0 Å². The zero-order chi connectivity index (χ0) is 13.8. The van der Waals surface area contributed by atoms with Gasteiger partial charge in [0.05, 0.1) is 18.1 Å². The fourth-order valence-electron chi connectivity index (χ4n) is 2.42. The zero-order valence-corrected chi connectivity index (χ0v) is 11.3. The topological polar surface area (TPSA) is 59.3 Å². The molecule has 2 heterocycles. The average Bonchev–Trinajstić information content (AvgIpc) is 2.75. The van der Waals surface area contributed by atoms with E-state index in [0.29, 0.717) is 0 Å². The van der Waals surface area contributed by atoms with Gasteiger partial charge in [0.15, 0.2) is 5.75 Å². The highest BCUT2D eigenvalue weighted by atomic mass is 16.5. The molecule has 2 aromatic rings. The third-order valence-electron chi connectivity index (χ3n) is 3.46. The van der Waals surface area contributed by atoms with Crippen LogP contribution in [0.1, 0.15) is 19.3 Å². The highest BCUT2D eigenvalue weighted by Gasteiger charge is 2.14. The lowest BCUT2D eigenvalue weighted by Crippen LogP contribution is -2.29. The van der Waals surface area contributed by atoms with Crippen LogP contribution in [0.25, 0.3) is 5.69 Å². The van der Waals surface area contributed by atoms with Crippen LogP contribution in [0.4, 0.5) is 0 Å². The molecule has 1 saturated heterocycles. The van der Waals surface area contributed by atoms with Gasteiger partial charge in [-0.25, -0.2) is 4.68 Å². The normalized spacial score (nSPS) is 19.5. The van der Waals surface area contributed by atoms with Crippen molar-refractivity contribution in [1.82, 2.24) is 15.1 Å². The maximum absolute atomic E-state index is 9.49. The molecular formula is C15H19N3O2. The first-order chi connectivity index (χ1) is 9.81. The van der Waals surface area contributed by atoms with E-state index in [4.69, 9.17) is 4.74 Å². The van der Waals surface area contributed by atoms with E-state index in [-0.39, 0.29) is 11.9 Å². The van der Waals surface area contributed by atoms with Crippen molar-refractivity contribution in [1.29, 1.82) is 0 Å². The van der Waals surface area contributed by atoms with Crippen molar-refractivity contribution in [2.45, 2.75) is 25.4 Å². The molecule has 1 aliphatic rings. The summed E-state index contributed by atoms with van der Waals surface area (Å²) in [6.45, 7) is 1.96. The molecule has 106 valence electrons. The Morgan fingerprint density at radius 3 is 3.20 bits per heavy atom. The Hall–Kier alpha value is -2.01. The highest BCUT2D eigenvalue weighted by molar-refractivity contribution is 5.38. The Bertz CT molecular complexity index is 560. The molecule has 0 radical (unpaired) electrons. The third kappa shape index (κ3) is 3.11. The first kappa shape index (κ1) is 13.0. The molecule has 0 spiro atoms. The van der Waals surface area contributed by atoms with Crippen molar-refractivity contribution in [2.75, 3.05) is 13.1 Å². The number of ether oxygens (including phenoxy) is 1. The van der Waals surface area contributed by atoms with Crippen molar-refractivity contribution in [2.24, 2.45) is 0 Å². The molecule has 5 nitrogen and oxygen atoms in total. The summed E-state index contributed by atoms with van der Waals surface area (Å²) in [6.07, 6.45) is 7.25. The molecule has 0 bridgehead atoms. The fraction of sp³-hybridized carbons (Fsp3) is 0.400. The zero-order valence-electron chi connectivity index (χ0n) is 11.3. The van der Waals surface area contributed by atoms with E-state index in [1.54, 1.807) is 29.1 Å². The van der Waals surface area contributed by atoms with E-state index in [1.807, 2.05) is 12.3 Å². The van der Waals surface area contributed by atoms with Crippen LogP contribution >= 0.6 is 0 Å². The minimum Gasteiger partial charge on any atom is -0.508 e. The summed E-state index contributed by atoms with van der Waals surface area (Å²) in [7, 11) is 0. The van der Waals surface area contributed by atoms with Crippen LogP contribution in [0.5, 0.6) is 11.5 Å². The van der Waals surface area contributed by atoms with Crippen LogP contribution in [0, 0.1) is 0 Å². The molecule has 1 aromatic heterocycles. The number of aromatic hydroxyl groups is 1.